The fourth-order valence-corrected chi connectivity index (χ4v) is 5.30. The normalized spacial score (nSPS) is 14.2. The first-order valence-electron chi connectivity index (χ1n) is 13.2. The molecule has 0 aliphatic carbocycles. The Bertz CT molecular complexity index is 1900. The van der Waals surface area contributed by atoms with E-state index in [4.69, 9.17) is 0 Å². The number of aliphatic imine (C=N–C) groups is 1. The second-order valence-corrected chi connectivity index (χ2v) is 10.4. The van der Waals surface area contributed by atoms with Gasteiger partial charge in [0.05, 0.1) is 22.8 Å². The average Bonchev–Trinajstić information content (AvgIpc) is 3.65. The van der Waals surface area contributed by atoms with Crippen molar-refractivity contribution in [3.8, 4) is 34.0 Å². The lowest BCUT2D eigenvalue weighted by molar-refractivity contribution is -0.274. The lowest BCUT2D eigenvalue weighted by Gasteiger charge is -2.16. The van der Waals surface area contributed by atoms with Crippen LogP contribution >= 0.6 is 11.8 Å². The smallest absolute Gasteiger partial charge is 0.406 e. The molecular weight excluding hydrogens is 612 g/mol. The van der Waals surface area contributed by atoms with Crippen molar-refractivity contribution in [1.82, 2.24) is 14.8 Å². The van der Waals surface area contributed by atoms with Gasteiger partial charge in [-0.25, -0.2) is 18.9 Å². The van der Waals surface area contributed by atoms with E-state index >= 15 is 0 Å². The van der Waals surface area contributed by atoms with Crippen molar-refractivity contribution >= 4 is 40.2 Å². The minimum Gasteiger partial charge on any atom is -0.406 e. The van der Waals surface area contributed by atoms with E-state index in [2.05, 4.69) is 25.1 Å². The predicted molar refractivity (Wildman–Crippen MR) is 162 cm³/mol. The molecule has 1 fully saturated rings. The van der Waals surface area contributed by atoms with Crippen molar-refractivity contribution in [2.45, 2.75) is 6.36 Å². The molecule has 0 bridgehead atoms. The summed E-state index contributed by atoms with van der Waals surface area (Å²) in [5.74, 6) is -1.18. The number of amides is 3. The summed E-state index contributed by atoms with van der Waals surface area (Å²) in [6.45, 7) is 0. The van der Waals surface area contributed by atoms with Crippen LogP contribution in [0.2, 0.25) is 0 Å². The van der Waals surface area contributed by atoms with Crippen LogP contribution < -0.4 is 15.0 Å². The number of benzene rings is 4. The number of thioether (sulfide) groups is 1. The quantitative estimate of drug-likeness (QED) is 0.197. The molecule has 14 heteroatoms. The monoisotopic (exact) mass is 632 g/mol. The van der Waals surface area contributed by atoms with Gasteiger partial charge in [-0.15, -0.1) is 18.3 Å². The topological polar surface area (TPSA) is 102 Å². The maximum absolute atomic E-state index is 15.0. The molecule has 1 N–H and O–H groups in total. The van der Waals surface area contributed by atoms with Crippen LogP contribution in [0.15, 0.2) is 108 Å². The maximum atomic E-state index is 15.0. The van der Waals surface area contributed by atoms with Crippen molar-refractivity contribution in [3.05, 3.63) is 109 Å². The number of ether oxygens (including phenoxy) is 1. The van der Waals surface area contributed by atoms with Gasteiger partial charge in [-0.05, 0) is 65.7 Å². The van der Waals surface area contributed by atoms with Gasteiger partial charge in [-0.1, -0.05) is 54.2 Å². The molecule has 4 aromatic carbocycles. The average molecular weight is 633 g/mol. The van der Waals surface area contributed by atoms with E-state index in [0.29, 0.717) is 11.4 Å². The molecule has 1 aliphatic rings. The highest BCUT2D eigenvalue weighted by Crippen LogP contribution is 2.30. The third kappa shape index (κ3) is 6.86. The fraction of sp³-hybridized carbons (Fsp3) is 0.0645. The molecule has 0 saturated carbocycles. The zero-order valence-corrected chi connectivity index (χ0v) is 23.7. The lowest BCUT2D eigenvalue weighted by Crippen LogP contribution is -2.30. The van der Waals surface area contributed by atoms with Crippen LogP contribution in [0.5, 0.6) is 5.75 Å². The summed E-state index contributed by atoms with van der Waals surface area (Å²) in [5.41, 5.74) is 3.06. The molecule has 1 aliphatic heterocycles. The molecule has 6 rings (SSSR count). The van der Waals surface area contributed by atoms with Crippen LogP contribution in [-0.4, -0.2) is 44.0 Å². The summed E-state index contributed by atoms with van der Waals surface area (Å²) in [7, 11) is 0. The van der Waals surface area contributed by atoms with Crippen molar-refractivity contribution in [2.24, 2.45) is 4.99 Å². The molecule has 0 unspecified atom stereocenters. The van der Waals surface area contributed by atoms with Gasteiger partial charge in [-0.2, -0.15) is 4.99 Å². The van der Waals surface area contributed by atoms with Gasteiger partial charge in [0, 0.05) is 5.56 Å². The molecule has 1 aromatic heterocycles. The second-order valence-electron chi connectivity index (χ2n) is 9.50. The van der Waals surface area contributed by atoms with Crippen LogP contribution in [0.1, 0.15) is 0 Å². The highest BCUT2D eigenvalue weighted by atomic mass is 32.2. The molecule has 5 aromatic rings. The number of amidine groups is 1. The Morgan fingerprint density at radius 3 is 2.24 bits per heavy atom. The number of hydrogen-bond donors (Lipinski definition) is 1. The number of nitrogens with one attached hydrogen (secondary N) is 1. The SMILES string of the molecule is O=C(/N=C1\SCC(=O)N1c1ccc(-c2ccccc2)cc1)Nc1ccc(-c2ncn(-c3ccc(OC(F)(F)F)cc3)n2)cc1F. The van der Waals surface area contributed by atoms with Gasteiger partial charge in [0.25, 0.3) is 0 Å². The Hall–Kier alpha value is -5.50. The summed E-state index contributed by atoms with van der Waals surface area (Å²) in [6.07, 6.45) is -3.49. The third-order valence-electron chi connectivity index (χ3n) is 6.49. The summed E-state index contributed by atoms with van der Waals surface area (Å²) in [4.78, 5) is 34.9. The zero-order chi connectivity index (χ0) is 31.6. The lowest BCUT2D eigenvalue weighted by atomic mass is 10.1. The first-order valence-corrected chi connectivity index (χ1v) is 14.2. The Labute approximate surface area is 257 Å². The Morgan fingerprint density at radius 1 is 0.889 bits per heavy atom. The molecule has 9 nitrogen and oxygen atoms in total. The molecule has 0 radical (unpaired) electrons. The number of rotatable bonds is 6. The van der Waals surface area contributed by atoms with E-state index in [1.807, 2.05) is 42.5 Å². The first-order chi connectivity index (χ1) is 21.6. The number of carbonyl (C=O) groups excluding carboxylic acids is 2. The number of alkyl halides is 3. The Morgan fingerprint density at radius 2 is 1.56 bits per heavy atom. The number of nitrogens with zero attached hydrogens (tertiary/aromatic N) is 5. The van der Waals surface area contributed by atoms with Crippen molar-refractivity contribution in [1.29, 1.82) is 0 Å². The standard InChI is InChI=1S/C31H20F4N6O3S/c32-25-16-21(28-36-18-40(39-28)22-11-13-24(14-12-22)44-31(33,34)35)8-15-26(25)37-29(43)38-30-41(27(42)17-45-30)23-9-6-20(7-10-23)19-4-2-1-3-5-19/h1-16,18H,17H2,(H,37,43)/b38-30-. The highest BCUT2D eigenvalue weighted by Gasteiger charge is 2.31. The number of carbonyl (C=O) groups is 2. The molecule has 3 amide bonds. The minimum atomic E-state index is -4.81. The van der Waals surface area contributed by atoms with Crippen molar-refractivity contribution in [3.63, 3.8) is 0 Å². The summed E-state index contributed by atoms with van der Waals surface area (Å²) in [5, 5.41) is 6.81. The van der Waals surface area contributed by atoms with E-state index in [-0.39, 0.29) is 39.7 Å². The largest absolute Gasteiger partial charge is 0.573 e. The summed E-state index contributed by atoms with van der Waals surface area (Å²) >= 11 is 1.10. The van der Waals surface area contributed by atoms with Crippen LogP contribution in [-0.2, 0) is 4.79 Å². The molecule has 0 atom stereocenters. The van der Waals surface area contributed by atoms with E-state index < -0.39 is 18.2 Å². The molecule has 45 heavy (non-hydrogen) atoms. The van der Waals surface area contributed by atoms with Gasteiger partial charge in [-0.3, -0.25) is 9.69 Å². The summed E-state index contributed by atoms with van der Waals surface area (Å²) < 4.78 is 57.4. The van der Waals surface area contributed by atoms with E-state index in [1.165, 1.54) is 40.2 Å². The zero-order valence-electron chi connectivity index (χ0n) is 22.9. The first kappa shape index (κ1) is 29.6. The minimum absolute atomic E-state index is 0.0980. The van der Waals surface area contributed by atoms with Gasteiger partial charge in [0.2, 0.25) is 5.91 Å². The van der Waals surface area contributed by atoms with Crippen molar-refractivity contribution < 1.29 is 31.9 Å². The molecule has 2 heterocycles. The van der Waals surface area contributed by atoms with E-state index in [1.54, 1.807) is 12.1 Å². The molecule has 226 valence electrons. The number of hydrogen-bond acceptors (Lipinski definition) is 6. The molecular formula is C31H20F4N6O3S. The Balaban J connectivity index is 1.13. The maximum Gasteiger partial charge on any atom is 0.573 e. The van der Waals surface area contributed by atoms with Gasteiger partial charge >= 0.3 is 12.4 Å². The number of halogens is 4. The van der Waals surface area contributed by atoms with Gasteiger partial charge in [0.15, 0.2) is 11.0 Å². The van der Waals surface area contributed by atoms with Crippen LogP contribution in [0.3, 0.4) is 0 Å². The van der Waals surface area contributed by atoms with Crippen LogP contribution in [0, 0.1) is 5.82 Å². The van der Waals surface area contributed by atoms with Crippen LogP contribution in [0.4, 0.5) is 33.7 Å². The van der Waals surface area contributed by atoms with Gasteiger partial charge < -0.3 is 10.1 Å². The van der Waals surface area contributed by atoms with Crippen molar-refractivity contribution in [2.75, 3.05) is 16.0 Å². The number of anilines is 2. The number of aromatic nitrogens is 3. The third-order valence-corrected chi connectivity index (χ3v) is 7.41. The molecule has 1 saturated heterocycles. The summed E-state index contributed by atoms with van der Waals surface area (Å²) in [6, 6.07) is 25.0. The molecule has 0 spiro atoms. The fourth-order valence-electron chi connectivity index (χ4n) is 4.44. The highest BCUT2D eigenvalue weighted by molar-refractivity contribution is 8.15. The van der Waals surface area contributed by atoms with E-state index in [0.717, 1.165) is 41.1 Å². The van der Waals surface area contributed by atoms with E-state index in [9.17, 15) is 27.2 Å². The van der Waals surface area contributed by atoms with Crippen LogP contribution in [0.25, 0.3) is 28.2 Å². The number of urea groups is 1. The second kappa shape index (κ2) is 12.2. The Kier molecular flexibility index (Phi) is 8.04. The van der Waals surface area contributed by atoms with Gasteiger partial charge in [0.1, 0.15) is 17.9 Å². The predicted octanol–water partition coefficient (Wildman–Crippen LogP) is 7.31.